The van der Waals surface area contributed by atoms with E-state index < -0.39 is 10.0 Å². The van der Waals surface area contributed by atoms with Gasteiger partial charge in [0, 0.05) is 25.2 Å². The second kappa shape index (κ2) is 7.50. The second-order valence-corrected chi connectivity index (χ2v) is 9.71. The molecule has 28 heavy (non-hydrogen) atoms. The molecule has 7 heteroatoms. The van der Waals surface area contributed by atoms with Crippen molar-refractivity contribution in [2.24, 2.45) is 0 Å². The first kappa shape index (κ1) is 19.4. The van der Waals surface area contributed by atoms with Crippen molar-refractivity contribution in [2.75, 3.05) is 24.5 Å². The SMILES string of the molecule is Cc1cccc2c1N(C(=O)c1ccc(Cl)c(S(=O)(=O)N3CCCC3)c1)CCC2. The van der Waals surface area contributed by atoms with Gasteiger partial charge < -0.3 is 4.90 Å². The maximum Gasteiger partial charge on any atom is 0.258 e. The number of anilines is 1. The minimum Gasteiger partial charge on any atom is -0.308 e. The van der Waals surface area contributed by atoms with Crippen LogP contribution in [0, 0.1) is 6.92 Å². The van der Waals surface area contributed by atoms with Crippen molar-refractivity contribution in [1.82, 2.24) is 4.31 Å². The quantitative estimate of drug-likeness (QED) is 0.756. The molecule has 0 saturated carbocycles. The molecule has 0 unspecified atom stereocenters. The van der Waals surface area contributed by atoms with E-state index in [2.05, 4.69) is 0 Å². The average molecular weight is 419 g/mol. The van der Waals surface area contributed by atoms with Gasteiger partial charge in [-0.25, -0.2) is 8.42 Å². The van der Waals surface area contributed by atoms with Gasteiger partial charge in [-0.05, 0) is 61.9 Å². The maximum absolute atomic E-state index is 13.3. The number of benzene rings is 2. The van der Waals surface area contributed by atoms with Crippen LogP contribution in [-0.2, 0) is 16.4 Å². The first-order valence-electron chi connectivity index (χ1n) is 9.59. The number of sulfonamides is 1. The molecule has 1 amide bonds. The van der Waals surface area contributed by atoms with E-state index in [0.29, 0.717) is 25.2 Å². The molecule has 148 valence electrons. The highest BCUT2D eigenvalue weighted by Gasteiger charge is 2.31. The molecule has 0 N–H and O–H groups in total. The Morgan fingerprint density at radius 1 is 1.04 bits per heavy atom. The Labute approximate surface area is 171 Å². The number of nitrogens with zero attached hydrogens (tertiary/aromatic N) is 2. The maximum atomic E-state index is 13.3. The molecule has 0 aromatic heterocycles. The van der Waals surface area contributed by atoms with Crippen LogP contribution >= 0.6 is 11.6 Å². The summed E-state index contributed by atoms with van der Waals surface area (Å²) in [5.41, 5.74) is 3.49. The summed E-state index contributed by atoms with van der Waals surface area (Å²) in [5.74, 6) is -0.190. The summed E-state index contributed by atoms with van der Waals surface area (Å²) in [6.45, 7) is 3.61. The summed E-state index contributed by atoms with van der Waals surface area (Å²) >= 11 is 6.23. The van der Waals surface area contributed by atoms with Crippen LogP contribution in [0.4, 0.5) is 5.69 Å². The molecule has 0 spiro atoms. The number of carbonyl (C=O) groups is 1. The van der Waals surface area contributed by atoms with Gasteiger partial charge in [0.25, 0.3) is 5.91 Å². The molecule has 5 nitrogen and oxygen atoms in total. The Balaban J connectivity index is 1.73. The lowest BCUT2D eigenvalue weighted by Gasteiger charge is -2.31. The van der Waals surface area contributed by atoms with E-state index in [9.17, 15) is 13.2 Å². The average Bonchev–Trinajstić information content (AvgIpc) is 3.23. The van der Waals surface area contributed by atoms with Gasteiger partial charge in [0.1, 0.15) is 4.90 Å². The van der Waals surface area contributed by atoms with E-state index in [1.807, 2.05) is 25.1 Å². The molecule has 4 rings (SSSR count). The van der Waals surface area contributed by atoms with Gasteiger partial charge in [0.15, 0.2) is 0 Å². The standard InChI is InChI=1S/C21H23ClN2O3S/c1-15-6-4-7-16-8-5-13-24(20(15)16)21(25)17-9-10-18(22)19(14-17)28(26,27)23-11-2-3-12-23/h4,6-7,9-10,14H,2-3,5,8,11-13H2,1H3. The zero-order chi connectivity index (χ0) is 19.9. The summed E-state index contributed by atoms with van der Waals surface area (Å²) in [4.78, 5) is 15.1. The summed E-state index contributed by atoms with van der Waals surface area (Å²) in [5, 5.41) is 0.152. The van der Waals surface area contributed by atoms with Crippen molar-refractivity contribution in [2.45, 2.75) is 37.5 Å². The number of amides is 1. The van der Waals surface area contributed by atoms with Crippen molar-refractivity contribution in [3.8, 4) is 0 Å². The molecule has 0 radical (unpaired) electrons. The minimum absolute atomic E-state index is 0.0175. The fraction of sp³-hybridized carbons (Fsp3) is 0.381. The van der Waals surface area contributed by atoms with Gasteiger partial charge >= 0.3 is 0 Å². The van der Waals surface area contributed by atoms with Crippen LogP contribution in [0.3, 0.4) is 0 Å². The molecular formula is C21H23ClN2O3S. The lowest BCUT2D eigenvalue weighted by Crippen LogP contribution is -2.36. The Morgan fingerprint density at radius 3 is 2.54 bits per heavy atom. The molecule has 0 aliphatic carbocycles. The molecular weight excluding hydrogens is 396 g/mol. The summed E-state index contributed by atoms with van der Waals surface area (Å²) in [6.07, 6.45) is 3.52. The fourth-order valence-corrected chi connectivity index (χ4v) is 6.13. The number of carbonyl (C=O) groups excluding carboxylic acids is 1. The Bertz CT molecular complexity index is 1030. The van der Waals surface area contributed by atoms with Crippen molar-refractivity contribution >= 4 is 33.2 Å². The van der Waals surface area contributed by atoms with Crippen LogP contribution in [0.5, 0.6) is 0 Å². The molecule has 2 heterocycles. The van der Waals surface area contributed by atoms with E-state index in [1.54, 1.807) is 11.0 Å². The Morgan fingerprint density at radius 2 is 1.79 bits per heavy atom. The largest absolute Gasteiger partial charge is 0.308 e. The van der Waals surface area contributed by atoms with Gasteiger partial charge in [-0.1, -0.05) is 29.8 Å². The van der Waals surface area contributed by atoms with Crippen molar-refractivity contribution in [3.05, 3.63) is 58.1 Å². The van der Waals surface area contributed by atoms with Crippen LogP contribution in [-0.4, -0.2) is 38.3 Å². The third-order valence-electron chi connectivity index (χ3n) is 5.53. The first-order chi connectivity index (χ1) is 13.4. The molecule has 0 bridgehead atoms. The lowest BCUT2D eigenvalue weighted by molar-refractivity contribution is 0.0984. The molecule has 2 aliphatic rings. The number of aryl methyl sites for hydroxylation is 2. The highest BCUT2D eigenvalue weighted by molar-refractivity contribution is 7.89. The predicted molar refractivity (Wildman–Crippen MR) is 111 cm³/mol. The highest BCUT2D eigenvalue weighted by atomic mass is 35.5. The van der Waals surface area contributed by atoms with Crippen LogP contribution in [0.2, 0.25) is 5.02 Å². The van der Waals surface area contributed by atoms with Gasteiger partial charge in [-0.15, -0.1) is 0 Å². The van der Waals surface area contributed by atoms with Crippen LogP contribution in [0.1, 0.15) is 40.7 Å². The van der Waals surface area contributed by atoms with E-state index >= 15 is 0 Å². The molecule has 1 saturated heterocycles. The number of halogens is 1. The predicted octanol–water partition coefficient (Wildman–Crippen LogP) is 4.03. The normalized spacial score (nSPS) is 17.6. The minimum atomic E-state index is -3.69. The van der Waals surface area contributed by atoms with E-state index in [0.717, 1.165) is 42.5 Å². The zero-order valence-electron chi connectivity index (χ0n) is 15.8. The third kappa shape index (κ3) is 3.34. The van der Waals surface area contributed by atoms with Crippen LogP contribution in [0.15, 0.2) is 41.3 Å². The van der Waals surface area contributed by atoms with Crippen molar-refractivity contribution in [3.63, 3.8) is 0 Å². The van der Waals surface area contributed by atoms with Gasteiger partial charge in [-0.2, -0.15) is 4.31 Å². The number of fused-ring (bicyclic) bond motifs is 1. The molecule has 0 atom stereocenters. The lowest BCUT2D eigenvalue weighted by atomic mass is 9.97. The summed E-state index contributed by atoms with van der Waals surface area (Å²) < 4.78 is 27.4. The molecule has 1 fully saturated rings. The van der Waals surface area contributed by atoms with Crippen molar-refractivity contribution < 1.29 is 13.2 Å². The second-order valence-electron chi connectivity index (χ2n) is 7.40. The number of rotatable bonds is 3. The zero-order valence-corrected chi connectivity index (χ0v) is 17.4. The van der Waals surface area contributed by atoms with Crippen molar-refractivity contribution in [1.29, 1.82) is 0 Å². The number of para-hydroxylation sites is 1. The Kier molecular flexibility index (Phi) is 5.21. The fourth-order valence-electron chi connectivity index (χ4n) is 4.11. The highest BCUT2D eigenvalue weighted by Crippen LogP contribution is 2.33. The van der Waals surface area contributed by atoms with Gasteiger partial charge in [-0.3, -0.25) is 4.79 Å². The topological polar surface area (TPSA) is 57.7 Å². The molecule has 2 aromatic rings. The number of hydrogen-bond acceptors (Lipinski definition) is 3. The first-order valence-corrected chi connectivity index (χ1v) is 11.4. The summed E-state index contributed by atoms with van der Waals surface area (Å²) in [6, 6.07) is 10.6. The van der Waals surface area contributed by atoms with E-state index in [1.165, 1.54) is 16.4 Å². The van der Waals surface area contributed by atoms with Crippen LogP contribution < -0.4 is 4.90 Å². The smallest absolute Gasteiger partial charge is 0.258 e. The molecule has 2 aromatic carbocycles. The van der Waals surface area contributed by atoms with E-state index in [-0.39, 0.29) is 15.8 Å². The number of hydrogen-bond donors (Lipinski definition) is 0. The monoisotopic (exact) mass is 418 g/mol. The van der Waals surface area contributed by atoms with Crippen LogP contribution in [0.25, 0.3) is 0 Å². The Hall–Kier alpha value is -1.89. The summed E-state index contributed by atoms with van der Waals surface area (Å²) in [7, 11) is -3.69. The van der Waals surface area contributed by atoms with Gasteiger partial charge in [0.05, 0.1) is 10.7 Å². The van der Waals surface area contributed by atoms with Gasteiger partial charge in [0.2, 0.25) is 10.0 Å². The van der Waals surface area contributed by atoms with E-state index in [4.69, 9.17) is 11.6 Å². The molecule has 2 aliphatic heterocycles. The third-order valence-corrected chi connectivity index (χ3v) is 7.91.